The fourth-order valence-corrected chi connectivity index (χ4v) is 1.90. The number of hydrogen-bond donors (Lipinski definition) is 2. The van der Waals surface area contributed by atoms with Crippen LogP contribution in [0, 0.1) is 10.1 Å². The monoisotopic (exact) mass is 225 g/mol. The van der Waals surface area contributed by atoms with Crippen LogP contribution in [0.1, 0.15) is 12.8 Å². The molecule has 88 valence electrons. The molecule has 2 N–H and O–H groups in total. The van der Waals surface area contributed by atoms with Crippen LogP contribution in [0.5, 0.6) is 0 Å². The zero-order chi connectivity index (χ0) is 11.5. The maximum Gasteiger partial charge on any atom is 0.366 e. The molecule has 1 aliphatic rings. The van der Waals surface area contributed by atoms with E-state index in [1.807, 2.05) is 0 Å². The molecule has 0 aromatic carbocycles. The van der Waals surface area contributed by atoms with Gasteiger partial charge in [-0.25, -0.2) is 0 Å². The smallest absolute Gasteiger partial charge is 0.366 e. The van der Waals surface area contributed by atoms with Gasteiger partial charge < -0.3 is 20.3 Å². The molecule has 7 nitrogen and oxygen atoms in total. The zero-order valence-electron chi connectivity index (χ0n) is 9.14. The first kappa shape index (κ1) is 10.9. The maximum absolute atomic E-state index is 10.7. The summed E-state index contributed by atoms with van der Waals surface area (Å²) in [6.45, 7) is 2.03. The van der Waals surface area contributed by atoms with Crippen molar-refractivity contribution in [2.75, 3.05) is 25.5 Å². The van der Waals surface area contributed by atoms with Crippen molar-refractivity contribution in [1.29, 1.82) is 0 Å². The van der Waals surface area contributed by atoms with E-state index >= 15 is 0 Å². The fourth-order valence-electron chi connectivity index (χ4n) is 1.90. The lowest BCUT2D eigenvalue weighted by atomic mass is 10.1. The van der Waals surface area contributed by atoms with Crippen molar-refractivity contribution < 1.29 is 4.92 Å². The first-order chi connectivity index (χ1) is 7.66. The lowest BCUT2D eigenvalue weighted by molar-refractivity contribution is -0.388. The number of aromatic nitrogens is 2. The summed E-state index contributed by atoms with van der Waals surface area (Å²) in [7, 11) is 2.08. The topological polar surface area (TPSA) is 87.1 Å². The normalized spacial score (nSPS) is 18.6. The number of anilines is 1. The Morgan fingerprint density at radius 2 is 2.31 bits per heavy atom. The Kier molecular flexibility index (Phi) is 3.04. The van der Waals surface area contributed by atoms with E-state index in [0.29, 0.717) is 11.7 Å². The van der Waals surface area contributed by atoms with E-state index < -0.39 is 4.92 Å². The predicted molar refractivity (Wildman–Crippen MR) is 59.4 cm³/mol. The molecule has 1 aliphatic heterocycles. The van der Waals surface area contributed by atoms with E-state index in [4.69, 9.17) is 0 Å². The van der Waals surface area contributed by atoms with E-state index in [0.717, 1.165) is 25.9 Å². The van der Waals surface area contributed by atoms with E-state index in [9.17, 15) is 10.1 Å². The third kappa shape index (κ3) is 2.30. The van der Waals surface area contributed by atoms with Gasteiger partial charge in [-0.3, -0.25) is 0 Å². The van der Waals surface area contributed by atoms with Gasteiger partial charge in [0.1, 0.15) is 6.20 Å². The van der Waals surface area contributed by atoms with Gasteiger partial charge >= 0.3 is 5.82 Å². The minimum Gasteiger partial charge on any atom is -0.374 e. The van der Waals surface area contributed by atoms with Gasteiger partial charge in [-0.15, -0.1) is 5.10 Å². The van der Waals surface area contributed by atoms with Crippen LogP contribution in [0.2, 0.25) is 0 Å². The molecule has 0 bridgehead atoms. The molecule has 1 aromatic heterocycles. The molecule has 0 aliphatic carbocycles. The Bertz CT molecular complexity index is 370. The number of H-pyrrole nitrogens is 1. The molecule has 16 heavy (non-hydrogen) atoms. The van der Waals surface area contributed by atoms with Gasteiger partial charge in [0.05, 0.1) is 0 Å². The molecular formula is C9H15N5O2. The van der Waals surface area contributed by atoms with Crippen LogP contribution < -0.4 is 5.32 Å². The lowest BCUT2D eigenvalue weighted by Gasteiger charge is -2.29. The molecule has 7 heteroatoms. The highest BCUT2D eigenvalue weighted by atomic mass is 16.6. The van der Waals surface area contributed by atoms with Crippen molar-refractivity contribution in [2.24, 2.45) is 0 Å². The second-order valence-corrected chi connectivity index (χ2v) is 4.11. The van der Waals surface area contributed by atoms with Gasteiger partial charge in [0.25, 0.3) is 0 Å². The van der Waals surface area contributed by atoms with Crippen molar-refractivity contribution in [3.05, 3.63) is 16.3 Å². The van der Waals surface area contributed by atoms with Crippen LogP contribution in [0.25, 0.3) is 0 Å². The van der Waals surface area contributed by atoms with E-state index in [2.05, 4.69) is 27.5 Å². The third-order valence-corrected chi connectivity index (χ3v) is 2.88. The van der Waals surface area contributed by atoms with Crippen LogP contribution in [-0.4, -0.2) is 46.2 Å². The molecular weight excluding hydrogens is 210 g/mol. The summed E-state index contributed by atoms with van der Waals surface area (Å²) in [6.07, 6.45) is 3.47. The summed E-state index contributed by atoms with van der Waals surface area (Å²) in [5.74, 6) is -0.0565. The van der Waals surface area contributed by atoms with Gasteiger partial charge in [0, 0.05) is 6.04 Å². The minimum absolute atomic E-state index is 0.0565. The number of piperidine rings is 1. The van der Waals surface area contributed by atoms with E-state index in [1.54, 1.807) is 0 Å². The van der Waals surface area contributed by atoms with Gasteiger partial charge in [-0.05, 0) is 37.9 Å². The number of rotatable bonds is 3. The van der Waals surface area contributed by atoms with E-state index in [-0.39, 0.29) is 5.82 Å². The summed E-state index contributed by atoms with van der Waals surface area (Å²) >= 11 is 0. The largest absolute Gasteiger partial charge is 0.374 e. The van der Waals surface area contributed by atoms with Crippen molar-refractivity contribution in [3.63, 3.8) is 0 Å². The molecule has 2 rings (SSSR count). The molecule has 2 heterocycles. The number of nitrogens with zero attached hydrogens (tertiary/aromatic N) is 3. The highest BCUT2D eigenvalue weighted by Crippen LogP contribution is 2.23. The summed E-state index contributed by atoms with van der Waals surface area (Å²) < 4.78 is 0. The Balaban J connectivity index is 1.98. The number of nitrogens with one attached hydrogen (secondary N) is 2. The molecule has 0 amide bonds. The lowest BCUT2D eigenvalue weighted by Crippen LogP contribution is -2.36. The predicted octanol–water partition coefficient (Wildman–Crippen LogP) is 0.824. The van der Waals surface area contributed by atoms with Crippen LogP contribution in [-0.2, 0) is 0 Å². The Morgan fingerprint density at radius 3 is 2.94 bits per heavy atom. The molecule has 0 spiro atoms. The summed E-state index contributed by atoms with van der Waals surface area (Å²) in [4.78, 5) is 12.5. The zero-order valence-corrected chi connectivity index (χ0v) is 9.14. The highest BCUT2D eigenvalue weighted by molar-refractivity contribution is 5.56. The second-order valence-electron chi connectivity index (χ2n) is 4.11. The second kappa shape index (κ2) is 4.48. The Morgan fingerprint density at radius 1 is 1.62 bits per heavy atom. The van der Waals surface area contributed by atoms with Gasteiger partial charge in [0.2, 0.25) is 0 Å². The van der Waals surface area contributed by atoms with Gasteiger partial charge in [0.15, 0.2) is 5.69 Å². The average molecular weight is 225 g/mol. The minimum atomic E-state index is -0.454. The summed E-state index contributed by atoms with van der Waals surface area (Å²) in [5, 5.41) is 19.9. The number of nitro groups is 1. The van der Waals surface area contributed by atoms with Gasteiger partial charge in [-0.1, -0.05) is 5.10 Å². The molecule has 0 saturated carbocycles. The Hall–Kier alpha value is -1.63. The molecule has 0 atom stereocenters. The van der Waals surface area contributed by atoms with Crippen molar-refractivity contribution in [3.8, 4) is 0 Å². The van der Waals surface area contributed by atoms with Crippen LogP contribution >= 0.6 is 0 Å². The number of aromatic amines is 1. The maximum atomic E-state index is 10.7. The SMILES string of the molecule is CN1CCC(Nc2cn[nH]c2[N+](=O)[O-])CC1. The highest BCUT2D eigenvalue weighted by Gasteiger charge is 2.21. The molecule has 1 aromatic rings. The summed E-state index contributed by atoms with van der Waals surface area (Å²) in [6, 6.07) is 0.299. The fraction of sp³-hybridized carbons (Fsp3) is 0.667. The number of likely N-dealkylation sites (tertiary alicyclic amines) is 1. The van der Waals surface area contributed by atoms with E-state index in [1.165, 1.54) is 6.20 Å². The average Bonchev–Trinajstić information content (AvgIpc) is 2.69. The Labute approximate surface area is 93.0 Å². The molecule has 1 saturated heterocycles. The molecule has 0 radical (unpaired) electrons. The molecule has 1 fully saturated rings. The van der Waals surface area contributed by atoms with Crippen molar-refractivity contribution >= 4 is 11.5 Å². The molecule has 0 unspecified atom stereocenters. The standard InChI is InChI=1S/C9H15N5O2/c1-13-4-2-7(3-5-13)11-8-6-10-12-9(8)14(15)16/h6-7,11H,2-5H2,1H3,(H,10,12). The van der Waals surface area contributed by atoms with Crippen molar-refractivity contribution in [1.82, 2.24) is 15.1 Å². The van der Waals surface area contributed by atoms with Gasteiger partial charge in [-0.2, -0.15) is 0 Å². The van der Waals surface area contributed by atoms with Crippen LogP contribution in [0.3, 0.4) is 0 Å². The first-order valence-electron chi connectivity index (χ1n) is 5.29. The number of hydrogen-bond acceptors (Lipinski definition) is 5. The summed E-state index contributed by atoms with van der Waals surface area (Å²) in [5.41, 5.74) is 0.486. The first-order valence-corrected chi connectivity index (χ1v) is 5.29. The van der Waals surface area contributed by atoms with Crippen LogP contribution in [0.15, 0.2) is 6.20 Å². The quantitative estimate of drug-likeness (QED) is 0.587. The van der Waals surface area contributed by atoms with Crippen LogP contribution in [0.4, 0.5) is 11.5 Å². The third-order valence-electron chi connectivity index (χ3n) is 2.88. The van der Waals surface area contributed by atoms with Crippen molar-refractivity contribution in [2.45, 2.75) is 18.9 Å².